The van der Waals surface area contributed by atoms with Crippen molar-refractivity contribution in [2.45, 2.75) is 12.6 Å². The molecule has 0 radical (unpaired) electrons. The van der Waals surface area contributed by atoms with Gasteiger partial charge in [-0.05, 0) is 12.1 Å². The number of ether oxygens (including phenoxy) is 5. The van der Waals surface area contributed by atoms with Crippen LogP contribution in [0.2, 0.25) is 0 Å². The predicted octanol–water partition coefficient (Wildman–Crippen LogP) is 2.86. The van der Waals surface area contributed by atoms with Crippen LogP contribution < -0.4 is 23.7 Å². The van der Waals surface area contributed by atoms with Crippen LogP contribution in [0.1, 0.15) is 17.2 Å². The maximum Gasteiger partial charge on any atom is 0.212 e. The molecule has 0 saturated carbocycles. The predicted molar refractivity (Wildman–Crippen MR) is 101 cm³/mol. The summed E-state index contributed by atoms with van der Waals surface area (Å²) in [6.45, 7) is 0.934. The van der Waals surface area contributed by atoms with Crippen LogP contribution in [-0.2, 0) is 6.54 Å². The molecule has 28 heavy (non-hydrogen) atoms. The maximum atomic E-state index is 6.22. The smallest absolute Gasteiger partial charge is 0.212 e. The lowest BCUT2D eigenvalue weighted by Gasteiger charge is -2.29. The minimum Gasteiger partial charge on any atom is -0.492 e. The first-order valence-corrected chi connectivity index (χ1v) is 8.76. The minimum atomic E-state index is -0.316. The maximum absolute atomic E-state index is 6.22. The van der Waals surface area contributed by atoms with Crippen molar-refractivity contribution in [3.63, 3.8) is 0 Å². The second-order valence-electron chi connectivity index (χ2n) is 6.22. The van der Waals surface area contributed by atoms with Crippen molar-refractivity contribution in [1.29, 1.82) is 0 Å². The Morgan fingerprint density at radius 3 is 2.64 bits per heavy atom. The van der Waals surface area contributed by atoms with E-state index in [1.54, 1.807) is 46.1 Å². The number of pyridine rings is 1. The highest BCUT2D eigenvalue weighted by atomic mass is 16.6. The normalized spacial score (nSPS) is 15.2. The summed E-state index contributed by atoms with van der Waals surface area (Å²) in [4.78, 5) is 8.32. The number of rotatable bonds is 6. The van der Waals surface area contributed by atoms with E-state index in [-0.39, 0.29) is 6.10 Å². The van der Waals surface area contributed by atoms with Crippen molar-refractivity contribution in [2.24, 2.45) is 0 Å². The van der Waals surface area contributed by atoms with Crippen molar-refractivity contribution in [1.82, 2.24) is 14.5 Å². The van der Waals surface area contributed by atoms with Crippen LogP contribution in [0.5, 0.6) is 28.9 Å². The summed E-state index contributed by atoms with van der Waals surface area (Å²) in [5.74, 6) is 2.78. The van der Waals surface area contributed by atoms with E-state index in [1.165, 1.54) is 0 Å². The summed E-state index contributed by atoms with van der Waals surface area (Å²) in [5, 5.41) is 0. The van der Waals surface area contributed by atoms with Gasteiger partial charge in [0.2, 0.25) is 17.4 Å². The molecular weight excluding hydrogens is 362 g/mol. The monoisotopic (exact) mass is 383 g/mol. The third-order valence-electron chi connectivity index (χ3n) is 4.54. The van der Waals surface area contributed by atoms with E-state index in [2.05, 4.69) is 9.97 Å². The number of benzene rings is 1. The molecule has 8 heteroatoms. The van der Waals surface area contributed by atoms with Gasteiger partial charge in [-0.2, -0.15) is 0 Å². The van der Waals surface area contributed by atoms with Crippen molar-refractivity contribution in [2.75, 3.05) is 27.9 Å². The summed E-state index contributed by atoms with van der Waals surface area (Å²) < 4.78 is 30.5. The third kappa shape index (κ3) is 3.28. The summed E-state index contributed by atoms with van der Waals surface area (Å²) >= 11 is 0. The molecule has 2 aromatic heterocycles. The Morgan fingerprint density at radius 1 is 1.14 bits per heavy atom. The SMILES string of the molecule is COc1ccc(C2COc3cc(Cn4ccnc4)c(OC)c(OC)c3O2)cn1. The molecule has 0 saturated heterocycles. The average molecular weight is 383 g/mol. The van der Waals surface area contributed by atoms with Crippen LogP contribution in [-0.4, -0.2) is 42.5 Å². The number of hydrogen-bond donors (Lipinski definition) is 0. The van der Waals surface area contributed by atoms with Crippen LogP contribution in [0.15, 0.2) is 43.1 Å². The Balaban J connectivity index is 1.68. The number of methoxy groups -OCH3 is 3. The zero-order valence-corrected chi connectivity index (χ0v) is 15.9. The van der Waals surface area contributed by atoms with Gasteiger partial charge in [-0.1, -0.05) is 0 Å². The highest BCUT2D eigenvalue weighted by molar-refractivity contribution is 5.63. The number of imidazole rings is 1. The highest BCUT2D eigenvalue weighted by Crippen LogP contribution is 2.50. The Hall–Kier alpha value is -3.42. The van der Waals surface area contributed by atoms with E-state index in [4.69, 9.17) is 23.7 Å². The largest absolute Gasteiger partial charge is 0.492 e. The van der Waals surface area contributed by atoms with Gasteiger partial charge in [0.05, 0.1) is 34.2 Å². The van der Waals surface area contributed by atoms with E-state index in [0.29, 0.717) is 42.0 Å². The molecule has 146 valence electrons. The number of aromatic nitrogens is 3. The molecule has 0 N–H and O–H groups in total. The minimum absolute atomic E-state index is 0.316. The zero-order chi connectivity index (χ0) is 19.5. The fraction of sp³-hybridized carbons (Fsp3) is 0.300. The molecule has 8 nitrogen and oxygen atoms in total. The van der Waals surface area contributed by atoms with Gasteiger partial charge in [0.15, 0.2) is 17.6 Å². The lowest BCUT2D eigenvalue weighted by atomic mass is 10.1. The average Bonchev–Trinajstić information content (AvgIpc) is 3.25. The van der Waals surface area contributed by atoms with Gasteiger partial charge >= 0.3 is 0 Å². The lowest BCUT2D eigenvalue weighted by Crippen LogP contribution is -2.22. The number of nitrogens with zero attached hydrogens (tertiary/aromatic N) is 3. The highest BCUT2D eigenvalue weighted by Gasteiger charge is 2.30. The first kappa shape index (κ1) is 18.0. The van der Waals surface area contributed by atoms with Crippen molar-refractivity contribution in [3.05, 3.63) is 54.2 Å². The molecule has 0 fully saturated rings. The van der Waals surface area contributed by atoms with E-state index in [9.17, 15) is 0 Å². The summed E-state index contributed by atoms with van der Waals surface area (Å²) in [7, 11) is 4.77. The van der Waals surface area contributed by atoms with Crippen LogP contribution in [0.3, 0.4) is 0 Å². The van der Waals surface area contributed by atoms with E-state index >= 15 is 0 Å². The van der Waals surface area contributed by atoms with E-state index in [1.807, 2.05) is 22.9 Å². The quantitative estimate of drug-likeness (QED) is 0.648. The number of hydrogen-bond acceptors (Lipinski definition) is 7. The van der Waals surface area contributed by atoms with Gasteiger partial charge < -0.3 is 28.3 Å². The van der Waals surface area contributed by atoms with Crippen LogP contribution in [0, 0.1) is 0 Å². The molecule has 4 rings (SSSR count). The second-order valence-corrected chi connectivity index (χ2v) is 6.22. The summed E-state index contributed by atoms with van der Waals surface area (Å²) in [5.41, 5.74) is 1.79. The molecule has 0 bridgehead atoms. The molecule has 0 spiro atoms. The molecular formula is C20H21N3O5. The first-order chi connectivity index (χ1) is 13.7. The fourth-order valence-corrected chi connectivity index (χ4v) is 3.18. The van der Waals surface area contributed by atoms with Crippen molar-refractivity contribution in [3.8, 4) is 28.9 Å². The number of fused-ring (bicyclic) bond motifs is 1. The molecule has 1 unspecified atom stereocenters. The molecule has 0 amide bonds. The zero-order valence-electron chi connectivity index (χ0n) is 15.9. The van der Waals surface area contributed by atoms with Crippen LogP contribution in [0.4, 0.5) is 0 Å². The van der Waals surface area contributed by atoms with E-state index in [0.717, 1.165) is 11.1 Å². The van der Waals surface area contributed by atoms with Gasteiger partial charge in [-0.15, -0.1) is 0 Å². The first-order valence-electron chi connectivity index (χ1n) is 8.76. The molecule has 1 atom stereocenters. The Kier molecular flexibility index (Phi) is 4.92. The fourth-order valence-electron chi connectivity index (χ4n) is 3.18. The topological polar surface area (TPSA) is 76.9 Å². The Bertz CT molecular complexity index is 941. The second kappa shape index (κ2) is 7.67. The van der Waals surface area contributed by atoms with Crippen molar-refractivity contribution >= 4 is 0 Å². The third-order valence-corrected chi connectivity index (χ3v) is 4.54. The molecule has 3 aromatic rings. The van der Waals surface area contributed by atoms with Gasteiger partial charge in [-0.25, -0.2) is 9.97 Å². The molecule has 3 heterocycles. The molecule has 1 aliphatic heterocycles. The van der Waals surface area contributed by atoms with Gasteiger partial charge in [-0.3, -0.25) is 0 Å². The molecule has 1 aliphatic rings. The van der Waals surface area contributed by atoms with Gasteiger partial charge in [0.25, 0.3) is 0 Å². The van der Waals surface area contributed by atoms with Gasteiger partial charge in [0.1, 0.15) is 6.61 Å². The Morgan fingerprint density at radius 2 is 2.00 bits per heavy atom. The Labute approximate surface area is 162 Å². The van der Waals surface area contributed by atoms with Crippen LogP contribution in [0.25, 0.3) is 0 Å². The standard InChI is InChI=1S/C20H21N3O5/c1-24-17-5-4-13(9-22-17)16-11-27-15-8-14(10-23-7-6-21-12-23)18(25-2)20(26-3)19(15)28-16/h4-9,12,16H,10-11H2,1-3H3. The summed E-state index contributed by atoms with van der Waals surface area (Å²) in [6.07, 6.45) is 6.76. The van der Waals surface area contributed by atoms with Crippen LogP contribution >= 0.6 is 0 Å². The van der Waals surface area contributed by atoms with E-state index < -0.39 is 0 Å². The van der Waals surface area contributed by atoms with Crippen molar-refractivity contribution < 1.29 is 23.7 Å². The molecule has 1 aromatic carbocycles. The van der Waals surface area contributed by atoms with Gasteiger partial charge in [0, 0.05) is 35.8 Å². The summed E-state index contributed by atoms with van der Waals surface area (Å²) in [6, 6.07) is 5.61. The lowest BCUT2D eigenvalue weighted by molar-refractivity contribution is 0.0858. The molecule has 0 aliphatic carbocycles.